The van der Waals surface area contributed by atoms with Gasteiger partial charge >= 0.3 is 0 Å². The van der Waals surface area contributed by atoms with Crippen molar-refractivity contribution in [2.75, 3.05) is 17.6 Å². The van der Waals surface area contributed by atoms with Crippen molar-refractivity contribution in [1.82, 2.24) is 9.97 Å². The van der Waals surface area contributed by atoms with E-state index in [1.807, 2.05) is 24.8 Å². The van der Waals surface area contributed by atoms with E-state index in [9.17, 15) is 0 Å². The molecule has 0 radical (unpaired) electrons. The van der Waals surface area contributed by atoms with Gasteiger partial charge in [-0.2, -0.15) is 11.8 Å². The van der Waals surface area contributed by atoms with Crippen LogP contribution in [0.15, 0.2) is 6.07 Å². The fourth-order valence-corrected chi connectivity index (χ4v) is 2.52. The van der Waals surface area contributed by atoms with Gasteiger partial charge in [0, 0.05) is 18.3 Å². The maximum Gasteiger partial charge on any atom is 0.140 e. The molecular weight excluding hydrogens is 242 g/mol. The van der Waals surface area contributed by atoms with E-state index in [0.717, 1.165) is 36.1 Å². The lowest BCUT2D eigenvalue weighted by Crippen LogP contribution is -2.05. The highest BCUT2D eigenvalue weighted by Gasteiger charge is 2.02. The molecule has 1 aromatic heterocycles. The lowest BCUT2D eigenvalue weighted by atomic mass is 10.3. The zero-order chi connectivity index (χ0) is 13.2. The van der Waals surface area contributed by atoms with Gasteiger partial charge in [-0.15, -0.1) is 0 Å². The van der Waals surface area contributed by atoms with E-state index < -0.39 is 0 Å². The van der Waals surface area contributed by atoms with E-state index in [1.165, 1.54) is 25.0 Å². The van der Waals surface area contributed by atoms with Crippen molar-refractivity contribution in [3.8, 4) is 0 Å². The molecule has 0 aliphatic heterocycles. The molecule has 4 heteroatoms. The summed E-state index contributed by atoms with van der Waals surface area (Å²) >= 11 is 1.93. The summed E-state index contributed by atoms with van der Waals surface area (Å²) in [6, 6.07) is 2.01. The Morgan fingerprint density at radius 3 is 2.72 bits per heavy atom. The molecule has 1 heterocycles. The van der Waals surface area contributed by atoms with Crippen molar-refractivity contribution in [3.05, 3.63) is 17.6 Å². The predicted molar refractivity (Wildman–Crippen MR) is 81.2 cm³/mol. The van der Waals surface area contributed by atoms with Crippen molar-refractivity contribution in [1.29, 1.82) is 0 Å². The lowest BCUT2D eigenvalue weighted by Gasteiger charge is -2.07. The molecule has 0 saturated heterocycles. The highest BCUT2D eigenvalue weighted by Crippen LogP contribution is 2.14. The number of hydrogen-bond acceptors (Lipinski definition) is 4. The standard InChI is InChI=1S/C14H25N3S/c1-4-6-7-9-18-11-14-16-12(3)10-13(17-14)15-8-5-2/h10H,4-9,11H2,1-3H3,(H,15,16,17). The van der Waals surface area contributed by atoms with E-state index >= 15 is 0 Å². The molecule has 18 heavy (non-hydrogen) atoms. The van der Waals surface area contributed by atoms with Crippen LogP contribution in [-0.4, -0.2) is 22.3 Å². The third kappa shape index (κ3) is 6.24. The van der Waals surface area contributed by atoms with Crippen LogP contribution in [0.5, 0.6) is 0 Å². The van der Waals surface area contributed by atoms with Gasteiger partial charge in [-0.25, -0.2) is 9.97 Å². The minimum atomic E-state index is 0.923. The molecule has 3 nitrogen and oxygen atoms in total. The largest absolute Gasteiger partial charge is 0.370 e. The van der Waals surface area contributed by atoms with Crippen LogP contribution in [0.4, 0.5) is 5.82 Å². The van der Waals surface area contributed by atoms with E-state index in [2.05, 4.69) is 29.1 Å². The van der Waals surface area contributed by atoms with Crippen molar-refractivity contribution in [2.45, 2.75) is 52.2 Å². The second-order valence-corrected chi connectivity index (χ2v) is 5.60. The lowest BCUT2D eigenvalue weighted by molar-refractivity contribution is 0.778. The highest BCUT2D eigenvalue weighted by atomic mass is 32.2. The first-order valence-corrected chi connectivity index (χ1v) is 8.08. The average molecular weight is 267 g/mol. The SMILES string of the molecule is CCCCCSCc1nc(C)cc(NCCC)n1. The number of hydrogen-bond donors (Lipinski definition) is 1. The van der Waals surface area contributed by atoms with Crippen LogP contribution in [0.25, 0.3) is 0 Å². The maximum absolute atomic E-state index is 4.55. The van der Waals surface area contributed by atoms with Crippen LogP contribution in [0.3, 0.4) is 0 Å². The predicted octanol–water partition coefficient (Wildman–Crippen LogP) is 4.03. The van der Waals surface area contributed by atoms with E-state index in [-0.39, 0.29) is 0 Å². The molecule has 0 amide bonds. The summed E-state index contributed by atoms with van der Waals surface area (Å²) in [6.07, 6.45) is 5.02. The maximum atomic E-state index is 4.55. The zero-order valence-electron chi connectivity index (χ0n) is 11.8. The zero-order valence-corrected chi connectivity index (χ0v) is 12.6. The summed E-state index contributed by atoms with van der Waals surface area (Å²) < 4.78 is 0. The fourth-order valence-electron chi connectivity index (χ4n) is 1.66. The fraction of sp³-hybridized carbons (Fsp3) is 0.714. The summed E-state index contributed by atoms with van der Waals surface area (Å²) in [4.78, 5) is 9.03. The molecule has 1 rings (SSSR count). The molecule has 1 N–H and O–H groups in total. The summed E-state index contributed by atoms with van der Waals surface area (Å²) in [6.45, 7) is 7.40. The van der Waals surface area contributed by atoms with Crippen molar-refractivity contribution in [2.24, 2.45) is 0 Å². The van der Waals surface area contributed by atoms with Crippen molar-refractivity contribution < 1.29 is 0 Å². The number of aromatic nitrogens is 2. The van der Waals surface area contributed by atoms with Gasteiger partial charge in [0.05, 0.1) is 5.75 Å². The molecule has 0 spiro atoms. The minimum absolute atomic E-state index is 0.923. The Morgan fingerprint density at radius 1 is 1.17 bits per heavy atom. The van der Waals surface area contributed by atoms with Crippen LogP contribution in [-0.2, 0) is 5.75 Å². The van der Waals surface area contributed by atoms with Gasteiger partial charge in [-0.1, -0.05) is 26.7 Å². The number of nitrogens with zero attached hydrogens (tertiary/aromatic N) is 2. The van der Waals surface area contributed by atoms with Crippen LogP contribution < -0.4 is 5.32 Å². The summed E-state index contributed by atoms with van der Waals surface area (Å²) in [5.41, 5.74) is 1.05. The smallest absolute Gasteiger partial charge is 0.140 e. The number of anilines is 1. The Labute approximate surface area is 115 Å². The topological polar surface area (TPSA) is 37.8 Å². The van der Waals surface area contributed by atoms with Gasteiger partial charge in [0.2, 0.25) is 0 Å². The molecule has 0 unspecified atom stereocenters. The Hall–Kier alpha value is -0.770. The molecule has 0 bridgehead atoms. The summed E-state index contributed by atoms with van der Waals surface area (Å²) in [7, 11) is 0. The Balaban J connectivity index is 2.41. The summed E-state index contributed by atoms with van der Waals surface area (Å²) in [5.74, 6) is 4.05. The molecule has 0 aliphatic carbocycles. The Kier molecular flexibility index (Phi) is 7.81. The molecule has 0 saturated carbocycles. The van der Waals surface area contributed by atoms with E-state index in [1.54, 1.807) is 0 Å². The second kappa shape index (κ2) is 9.20. The Bertz CT molecular complexity index is 342. The van der Waals surface area contributed by atoms with Crippen molar-refractivity contribution in [3.63, 3.8) is 0 Å². The summed E-state index contributed by atoms with van der Waals surface area (Å²) in [5, 5.41) is 3.33. The first-order valence-electron chi connectivity index (χ1n) is 6.92. The second-order valence-electron chi connectivity index (χ2n) is 4.50. The molecule has 0 fully saturated rings. The van der Waals surface area contributed by atoms with Crippen LogP contribution >= 0.6 is 11.8 Å². The molecule has 0 atom stereocenters. The molecule has 102 valence electrons. The van der Waals surface area contributed by atoms with Gasteiger partial charge in [0.15, 0.2) is 0 Å². The van der Waals surface area contributed by atoms with E-state index in [0.29, 0.717) is 0 Å². The number of nitrogens with one attached hydrogen (secondary N) is 1. The highest BCUT2D eigenvalue weighted by molar-refractivity contribution is 7.98. The number of rotatable bonds is 9. The molecule has 0 aromatic carbocycles. The normalized spacial score (nSPS) is 10.6. The van der Waals surface area contributed by atoms with Gasteiger partial charge in [0.1, 0.15) is 11.6 Å². The third-order valence-corrected chi connectivity index (χ3v) is 3.62. The first kappa shape index (κ1) is 15.3. The van der Waals surface area contributed by atoms with Gasteiger partial charge in [-0.05, 0) is 25.5 Å². The Morgan fingerprint density at radius 2 is 2.00 bits per heavy atom. The molecule has 0 aliphatic rings. The van der Waals surface area contributed by atoms with Crippen LogP contribution in [0.2, 0.25) is 0 Å². The van der Waals surface area contributed by atoms with Crippen LogP contribution in [0.1, 0.15) is 51.0 Å². The van der Waals surface area contributed by atoms with Crippen LogP contribution in [0, 0.1) is 6.92 Å². The number of unbranched alkanes of at least 4 members (excludes halogenated alkanes) is 2. The van der Waals surface area contributed by atoms with Gasteiger partial charge < -0.3 is 5.32 Å². The van der Waals surface area contributed by atoms with E-state index in [4.69, 9.17) is 0 Å². The molecule has 1 aromatic rings. The average Bonchev–Trinajstić information content (AvgIpc) is 2.35. The third-order valence-electron chi connectivity index (χ3n) is 2.58. The van der Waals surface area contributed by atoms with Gasteiger partial charge in [-0.3, -0.25) is 0 Å². The number of thioether (sulfide) groups is 1. The molecular formula is C14H25N3S. The quantitative estimate of drug-likeness (QED) is 0.685. The van der Waals surface area contributed by atoms with Crippen molar-refractivity contribution >= 4 is 17.6 Å². The number of aryl methyl sites for hydroxylation is 1. The minimum Gasteiger partial charge on any atom is -0.370 e. The monoisotopic (exact) mass is 267 g/mol. The van der Waals surface area contributed by atoms with Gasteiger partial charge in [0.25, 0.3) is 0 Å². The first-order chi connectivity index (χ1) is 8.76.